The normalized spacial score (nSPS) is 11.2. The lowest BCUT2D eigenvalue weighted by Crippen LogP contribution is -2.38. The third-order valence-electron chi connectivity index (χ3n) is 3.81. The number of hydrogen-bond donors (Lipinski definition) is 2. The molecule has 0 aliphatic carbocycles. The minimum Gasteiger partial charge on any atom is -0.467 e. The Labute approximate surface area is 175 Å². The second-order valence-electron chi connectivity index (χ2n) is 6.18. The third kappa shape index (κ3) is 7.38. The molecular formula is C19H24N6O3S. The number of rotatable bonds is 10. The minimum atomic E-state index is -0.292. The number of hydrogen-bond acceptors (Lipinski definition) is 8. The van der Waals surface area contributed by atoms with Gasteiger partial charge in [0.1, 0.15) is 17.8 Å². The summed E-state index contributed by atoms with van der Waals surface area (Å²) in [6.07, 6.45) is 5.15. The first kappa shape index (κ1) is 22.1. The summed E-state index contributed by atoms with van der Waals surface area (Å²) in [5.74, 6) is 1.05. The Morgan fingerprint density at radius 1 is 1.52 bits per heavy atom. The fourth-order valence-electron chi connectivity index (χ4n) is 2.60. The summed E-state index contributed by atoms with van der Waals surface area (Å²) in [6.45, 7) is 4.85. The van der Waals surface area contributed by atoms with Crippen molar-refractivity contribution in [3.05, 3.63) is 36.7 Å². The first-order valence-electron chi connectivity index (χ1n) is 9.20. The lowest BCUT2D eigenvalue weighted by molar-refractivity contribution is -0.143. The second kappa shape index (κ2) is 11.6. The van der Waals surface area contributed by atoms with Crippen LogP contribution in [0.2, 0.25) is 0 Å². The van der Waals surface area contributed by atoms with Gasteiger partial charge in [0.25, 0.3) is 0 Å². The molecule has 1 unspecified atom stereocenters. The molecule has 2 N–H and O–H groups in total. The topological polar surface area (TPSA) is 116 Å². The maximum atomic E-state index is 11.6. The highest BCUT2D eigenvalue weighted by Crippen LogP contribution is 2.24. The fraction of sp³-hybridized carbons (Fsp3) is 0.421. The van der Waals surface area contributed by atoms with Crippen molar-refractivity contribution in [1.82, 2.24) is 15.3 Å². The molecule has 0 aliphatic heterocycles. The number of nitriles is 1. The van der Waals surface area contributed by atoms with Crippen molar-refractivity contribution in [3.8, 4) is 6.07 Å². The lowest BCUT2D eigenvalue weighted by atomic mass is 10.2. The number of thiocarbonyl (C=S) groups is 1. The molecule has 0 amide bonds. The van der Waals surface area contributed by atoms with Gasteiger partial charge in [0.05, 0.1) is 44.5 Å². The quantitative estimate of drug-likeness (QED) is 0.442. The van der Waals surface area contributed by atoms with Crippen LogP contribution in [0.4, 0.5) is 11.5 Å². The fourth-order valence-corrected chi connectivity index (χ4v) is 2.91. The van der Waals surface area contributed by atoms with E-state index >= 15 is 0 Å². The van der Waals surface area contributed by atoms with E-state index in [9.17, 15) is 4.79 Å². The van der Waals surface area contributed by atoms with Crippen LogP contribution >= 0.6 is 12.2 Å². The van der Waals surface area contributed by atoms with Crippen LogP contribution in [-0.4, -0.2) is 40.2 Å². The number of nitrogens with one attached hydrogen (secondary N) is 2. The summed E-state index contributed by atoms with van der Waals surface area (Å²) in [5.41, 5.74) is 0.581. The smallest absolute Gasteiger partial charge is 0.307 e. The van der Waals surface area contributed by atoms with E-state index in [1.54, 1.807) is 25.5 Å². The largest absolute Gasteiger partial charge is 0.467 e. The van der Waals surface area contributed by atoms with Gasteiger partial charge < -0.3 is 24.7 Å². The zero-order valence-electron chi connectivity index (χ0n) is 16.4. The van der Waals surface area contributed by atoms with Gasteiger partial charge in [0.15, 0.2) is 10.9 Å². The molecule has 0 aromatic carbocycles. The average Bonchev–Trinajstić information content (AvgIpc) is 3.18. The Hall–Kier alpha value is -3.19. The predicted molar refractivity (Wildman–Crippen MR) is 112 cm³/mol. The number of anilines is 2. The van der Waals surface area contributed by atoms with Crippen LogP contribution in [0, 0.1) is 11.3 Å². The summed E-state index contributed by atoms with van der Waals surface area (Å²) in [7, 11) is 0. The van der Waals surface area contributed by atoms with Gasteiger partial charge in [-0.1, -0.05) is 0 Å². The van der Waals surface area contributed by atoms with Gasteiger partial charge in [-0.15, -0.1) is 0 Å². The van der Waals surface area contributed by atoms with Gasteiger partial charge in [-0.2, -0.15) is 5.26 Å². The van der Waals surface area contributed by atoms with Crippen LogP contribution in [0.15, 0.2) is 35.3 Å². The maximum Gasteiger partial charge on any atom is 0.307 e. The van der Waals surface area contributed by atoms with E-state index in [4.69, 9.17) is 26.6 Å². The molecule has 29 heavy (non-hydrogen) atoms. The van der Waals surface area contributed by atoms with Crippen molar-refractivity contribution in [3.63, 3.8) is 0 Å². The van der Waals surface area contributed by atoms with Gasteiger partial charge >= 0.3 is 5.97 Å². The highest BCUT2D eigenvalue weighted by Gasteiger charge is 2.17. The second-order valence-corrected chi connectivity index (χ2v) is 6.59. The van der Waals surface area contributed by atoms with E-state index in [1.807, 2.05) is 17.9 Å². The van der Waals surface area contributed by atoms with Crippen LogP contribution in [0.1, 0.15) is 32.4 Å². The van der Waals surface area contributed by atoms with Gasteiger partial charge in [-0.05, 0) is 38.2 Å². The summed E-state index contributed by atoms with van der Waals surface area (Å²) in [4.78, 5) is 21.9. The Morgan fingerprint density at radius 2 is 2.34 bits per heavy atom. The molecule has 2 heterocycles. The van der Waals surface area contributed by atoms with Crippen LogP contribution in [0.5, 0.6) is 0 Å². The van der Waals surface area contributed by atoms with Gasteiger partial charge in [-0.25, -0.2) is 9.97 Å². The zero-order chi connectivity index (χ0) is 21.1. The third-order valence-corrected chi connectivity index (χ3v) is 4.03. The number of aromatic nitrogens is 2. The van der Waals surface area contributed by atoms with Crippen LogP contribution in [0.25, 0.3) is 0 Å². The summed E-state index contributed by atoms with van der Waals surface area (Å²) in [5, 5.41) is 15.4. The average molecular weight is 417 g/mol. The van der Waals surface area contributed by atoms with E-state index in [0.717, 1.165) is 5.76 Å². The van der Waals surface area contributed by atoms with Gasteiger partial charge in [0.2, 0.25) is 0 Å². The first-order chi connectivity index (χ1) is 14.0. The summed E-state index contributed by atoms with van der Waals surface area (Å²) >= 11 is 5.36. The van der Waals surface area contributed by atoms with Crippen molar-refractivity contribution in [1.29, 1.82) is 5.26 Å². The monoisotopic (exact) mass is 416 g/mol. The molecule has 10 heteroatoms. The SMILES string of the molecule is CCOC(=O)CC(C)NC(=S)Nc1cncnc1N(CCC#N)Cc1ccco1. The predicted octanol–water partition coefficient (Wildman–Crippen LogP) is 2.62. The summed E-state index contributed by atoms with van der Waals surface area (Å²) in [6, 6.07) is 5.60. The molecule has 9 nitrogen and oxygen atoms in total. The number of carbonyl (C=O) groups excluding carboxylic acids is 1. The lowest BCUT2D eigenvalue weighted by Gasteiger charge is -2.24. The molecule has 2 aromatic heterocycles. The molecule has 0 bridgehead atoms. The number of esters is 1. The molecule has 0 aliphatic rings. The van der Waals surface area contributed by atoms with Crippen molar-refractivity contribution >= 4 is 34.8 Å². The van der Waals surface area contributed by atoms with Crippen LogP contribution in [0.3, 0.4) is 0 Å². The van der Waals surface area contributed by atoms with Crippen molar-refractivity contribution < 1.29 is 13.9 Å². The molecule has 0 saturated heterocycles. The van der Waals surface area contributed by atoms with Gasteiger partial charge in [-0.3, -0.25) is 4.79 Å². The van der Waals surface area contributed by atoms with Gasteiger partial charge in [0, 0.05) is 12.6 Å². The Morgan fingerprint density at radius 3 is 3.03 bits per heavy atom. The van der Waals surface area contributed by atoms with E-state index in [1.165, 1.54) is 6.33 Å². The molecular weight excluding hydrogens is 392 g/mol. The van der Waals surface area contributed by atoms with E-state index in [2.05, 4.69) is 26.7 Å². The zero-order valence-corrected chi connectivity index (χ0v) is 17.2. The van der Waals surface area contributed by atoms with E-state index in [-0.39, 0.29) is 18.4 Å². The number of carbonyl (C=O) groups is 1. The van der Waals surface area contributed by atoms with Crippen molar-refractivity contribution in [2.75, 3.05) is 23.4 Å². The standard InChI is InChI=1S/C19H24N6O3S/c1-3-27-17(26)10-14(2)23-19(29)24-16-11-21-13-22-18(16)25(8-5-7-20)12-15-6-4-9-28-15/h4,6,9,11,13-14H,3,5,8,10,12H2,1-2H3,(H2,23,24,29). The molecule has 0 spiro atoms. The molecule has 2 rings (SSSR count). The molecule has 0 fully saturated rings. The number of ether oxygens (including phenoxy) is 1. The van der Waals surface area contributed by atoms with Crippen molar-refractivity contribution in [2.45, 2.75) is 39.3 Å². The molecule has 154 valence electrons. The first-order valence-corrected chi connectivity index (χ1v) is 9.61. The molecule has 0 radical (unpaired) electrons. The van der Waals surface area contributed by atoms with E-state index < -0.39 is 0 Å². The number of furan rings is 1. The van der Waals surface area contributed by atoms with Crippen LogP contribution in [-0.2, 0) is 16.1 Å². The number of nitrogens with zero attached hydrogens (tertiary/aromatic N) is 4. The molecule has 1 atom stereocenters. The highest BCUT2D eigenvalue weighted by atomic mass is 32.1. The maximum absolute atomic E-state index is 11.6. The Balaban J connectivity index is 2.08. The highest BCUT2D eigenvalue weighted by molar-refractivity contribution is 7.80. The minimum absolute atomic E-state index is 0.195. The summed E-state index contributed by atoms with van der Waals surface area (Å²) < 4.78 is 10.4. The Bertz CT molecular complexity index is 837. The molecule has 0 saturated carbocycles. The van der Waals surface area contributed by atoms with Crippen LogP contribution < -0.4 is 15.5 Å². The van der Waals surface area contributed by atoms with Crippen molar-refractivity contribution in [2.24, 2.45) is 0 Å². The van der Waals surface area contributed by atoms with E-state index in [0.29, 0.717) is 42.7 Å². The molecule has 2 aromatic rings. The Kier molecular flexibility index (Phi) is 8.85.